The molecule has 2 aromatic carbocycles. The number of aromatic nitrogens is 2. The molecule has 3 heterocycles. The molecule has 32 heavy (non-hydrogen) atoms. The third-order valence-electron chi connectivity index (χ3n) is 6.38. The summed E-state index contributed by atoms with van der Waals surface area (Å²) in [5, 5.41) is 1.18. The van der Waals surface area contributed by atoms with Crippen molar-refractivity contribution >= 4 is 16.8 Å². The minimum absolute atomic E-state index is 0.0953. The van der Waals surface area contributed by atoms with Gasteiger partial charge in [0.25, 0.3) is 5.91 Å². The monoisotopic (exact) mass is 428 g/mol. The van der Waals surface area contributed by atoms with Crippen molar-refractivity contribution in [3.05, 3.63) is 78.4 Å². The van der Waals surface area contributed by atoms with E-state index in [4.69, 9.17) is 4.42 Å². The van der Waals surface area contributed by atoms with Gasteiger partial charge < -0.3 is 18.8 Å². The van der Waals surface area contributed by atoms with Gasteiger partial charge in [-0.1, -0.05) is 48.5 Å². The number of hydrogen-bond acceptors (Lipinski definition) is 4. The lowest BCUT2D eigenvalue weighted by Crippen LogP contribution is -2.38. The fraction of sp³-hybridized carbons (Fsp3) is 0.308. The summed E-state index contributed by atoms with van der Waals surface area (Å²) in [6.07, 6.45) is 3.84. The standard InChI is InChI=1S/C26H28N4O2/c1-28-22(17-21-11-5-6-12-23(21)28)18-30(16-15-29-13-7-8-14-29)26(31)24-25(32-19-27-24)20-9-3-2-4-10-20/h2-6,9-12,17,19H,7-8,13-16,18H2,1H3. The maximum Gasteiger partial charge on any atom is 0.276 e. The molecule has 0 spiro atoms. The van der Waals surface area contributed by atoms with Crippen molar-refractivity contribution in [2.75, 3.05) is 26.2 Å². The van der Waals surface area contributed by atoms with Crippen LogP contribution in [0.15, 0.2) is 71.5 Å². The first kappa shape index (κ1) is 20.5. The molecule has 5 rings (SSSR count). The molecule has 0 unspecified atom stereocenters. The molecule has 0 saturated carbocycles. The highest BCUT2D eigenvalue weighted by Crippen LogP contribution is 2.25. The summed E-state index contributed by atoms with van der Waals surface area (Å²) in [4.78, 5) is 22.4. The SMILES string of the molecule is Cn1c(CN(CCN2CCCC2)C(=O)c2ncoc2-c2ccccc2)cc2ccccc21. The molecule has 1 fully saturated rings. The molecule has 164 valence electrons. The van der Waals surface area contributed by atoms with E-state index in [9.17, 15) is 4.79 Å². The van der Waals surface area contributed by atoms with E-state index in [-0.39, 0.29) is 5.91 Å². The summed E-state index contributed by atoms with van der Waals surface area (Å²) in [6, 6.07) is 20.2. The Hall–Kier alpha value is -3.38. The predicted molar refractivity (Wildman–Crippen MR) is 125 cm³/mol. The van der Waals surface area contributed by atoms with Crippen LogP contribution in [0.25, 0.3) is 22.2 Å². The van der Waals surface area contributed by atoms with Gasteiger partial charge in [-0.15, -0.1) is 0 Å². The first-order valence-electron chi connectivity index (χ1n) is 11.2. The number of nitrogens with zero attached hydrogens (tertiary/aromatic N) is 4. The van der Waals surface area contributed by atoms with Crippen LogP contribution in [-0.4, -0.2) is 51.4 Å². The Balaban J connectivity index is 1.45. The van der Waals surface area contributed by atoms with Crippen LogP contribution in [0.1, 0.15) is 29.0 Å². The van der Waals surface area contributed by atoms with E-state index in [1.165, 1.54) is 30.1 Å². The van der Waals surface area contributed by atoms with Crippen LogP contribution in [0.4, 0.5) is 0 Å². The van der Waals surface area contributed by atoms with E-state index in [1.54, 1.807) is 0 Å². The molecule has 1 saturated heterocycles. The normalized spacial score (nSPS) is 14.3. The topological polar surface area (TPSA) is 54.5 Å². The van der Waals surface area contributed by atoms with Crippen molar-refractivity contribution in [1.29, 1.82) is 0 Å². The number of hydrogen-bond donors (Lipinski definition) is 0. The Kier molecular flexibility index (Phi) is 5.77. The number of para-hydroxylation sites is 1. The van der Waals surface area contributed by atoms with Crippen LogP contribution in [0.5, 0.6) is 0 Å². The van der Waals surface area contributed by atoms with Crippen molar-refractivity contribution in [1.82, 2.24) is 19.4 Å². The van der Waals surface area contributed by atoms with Crippen LogP contribution in [0, 0.1) is 0 Å². The van der Waals surface area contributed by atoms with Crippen molar-refractivity contribution in [3.8, 4) is 11.3 Å². The summed E-state index contributed by atoms with van der Waals surface area (Å²) >= 11 is 0. The fourth-order valence-electron chi connectivity index (χ4n) is 4.56. The van der Waals surface area contributed by atoms with Gasteiger partial charge in [0.15, 0.2) is 17.8 Å². The van der Waals surface area contributed by atoms with Crippen molar-refractivity contribution in [3.63, 3.8) is 0 Å². The van der Waals surface area contributed by atoms with Crippen LogP contribution in [0.3, 0.4) is 0 Å². The molecule has 1 amide bonds. The van der Waals surface area contributed by atoms with Gasteiger partial charge in [0.1, 0.15) is 0 Å². The van der Waals surface area contributed by atoms with E-state index in [2.05, 4.69) is 39.7 Å². The summed E-state index contributed by atoms with van der Waals surface area (Å²) in [5.41, 5.74) is 3.50. The van der Waals surface area contributed by atoms with Crippen LogP contribution >= 0.6 is 0 Å². The van der Waals surface area contributed by atoms with E-state index >= 15 is 0 Å². The summed E-state index contributed by atoms with van der Waals surface area (Å²) in [6.45, 7) is 4.26. The van der Waals surface area contributed by atoms with Crippen LogP contribution < -0.4 is 0 Å². The second-order valence-corrected chi connectivity index (χ2v) is 8.43. The van der Waals surface area contributed by atoms with Crippen molar-refractivity contribution in [2.45, 2.75) is 19.4 Å². The Bertz CT molecular complexity index is 1210. The molecule has 0 aliphatic carbocycles. The number of oxazole rings is 1. The van der Waals surface area contributed by atoms with Crippen molar-refractivity contribution in [2.24, 2.45) is 7.05 Å². The minimum atomic E-state index is -0.0953. The van der Waals surface area contributed by atoms with Gasteiger partial charge in [-0.05, 0) is 43.5 Å². The van der Waals surface area contributed by atoms with Crippen LogP contribution in [-0.2, 0) is 13.6 Å². The van der Waals surface area contributed by atoms with Gasteiger partial charge in [-0.25, -0.2) is 4.98 Å². The smallest absolute Gasteiger partial charge is 0.276 e. The number of carbonyl (C=O) groups is 1. The van der Waals surface area contributed by atoms with E-state index in [1.807, 2.05) is 47.4 Å². The summed E-state index contributed by atoms with van der Waals surface area (Å²) in [7, 11) is 2.06. The number of carbonyl (C=O) groups excluding carboxylic acids is 1. The van der Waals surface area contributed by atoms with Gasteiger partial charge in [-0.3, -0.25) is 4.79 Å². The molecule has 0 atom stereocenters. The lowest BCUT2D eigenvalue weighted by atomic mass is 10.1. The molecule has 4 aromatic rings. The fourth-order valence-corrected chi connectivity index (χ4v) is 4.56. The molecular formula is C26H28N4O2. The molecule has 6 heteroatoms. The Morgan fingerprint density at radius 2 is 1.81 bits per heavy atom. The predicted octanol–water partition coefficient (Wildman–Crippen LogP) is 4.57. The van der Waals surface area contributed by atoms with Crippen molar-refractivity contribution < 1.29 is 9.21 Å². The maximum atomic E-state index is 13.7. The van der Waals surface area contributed by atoms with Gasteiger partial charge in [0.2, 0.25) is 0 Å². The quantitative estimate of drug-likeness (QED) is 0.433. The number of benzene rings is 2. The molecule has 2 aromatic heterocycles. The van der Waals surface area contributed by atoms with Gasteiger partial charge in [0, 0.05) is 36.9 Å². The maximum absolute atomic E-state index is 13.7. The first-order valence-corrected chi connectivity index (χ1v) is 11.2. The zero-order valence-electron chi connectivity index (χ0n) is 18.4. The molecule has 1 aliphatic rings. The highest BCUT2D eigenvalue weighted by atomic mass is 16.3. The zero-order chi connectivity index (χ0) is 21.9. The number of fused-ring (bicyclic) bond motifs is 1. The Morgan fingerprint density at radius 1 is 1.06 bits per heavy atom. The van der Waals surface area contributed by atoms with Gasteiger partial charge >= 0.3 is 0 Å². The minimum Gasteiger partial charge on any atom is -0.443 e. The average molecular weight is 429 g/mol. The molecule has 1 aliphatic heterocycles. The lowest BCUT2D eigenvalue weighted by Gasteiger charge is -2.25. The lowest BCUT2D eigenvalue weighted by molar-refractivity contribution is 0.0718. The number of aryl methyl sites for hydroxylation is 1. The second kappa shape index (κ2) is 9.01. The molecule has 0 bridgehead atoms. The highest BCUT2D eigenvalue weighted by molar-refractivity contribution is 5.97. The summed E-state index contributed by atoms with van der Waals surface area (Å²) < 4.78 is 7.82. The largest absolute Gasteiger partial charge is 0.443 e. The van der Waals surface area contributed by atoms with Gasteiger partial charge in [0.05, 0.1) is 6.54 Å². The molecule has 0 N–H and O–H groups in total. The highest BCUT2D eigenvalue weighted by Gasteiger charge is 2.26. The number of rotatable bonds is 7. The third kappa shape index (κ3) is 4.06. The van der Waals surface area contributed by atoms with E-state index < -0.39 is 0 Å². The zero-order valence-corrected chi connectivity index (χ0v) is 18.4. The second-order valence-electron chi connectivity index (χ2n) is 8.43. The van der Waals surface area contributed by atoms with E-state index in [0.29, 0.717) is 24.5 Å². The van der Waals surface area contributed by atoms with E-state index in [0.717, 1.165) is 30.9 Å². The molecule has 6 nitrogen and oxygen atoms in total. The number of likely N-dealkylation sites (tertiary alicyclic amines) is 1. The Morgan fingerprint density at radius 3 is 2.59 bits per heavy atom. The average Bonchev–Trinajstić information content (AvgIpc) is 3.58. The third-order valence-corrected chi connectivity index (χ3v) is 6.38. The number of amides is 1. The van der Waals surface area contributed by atoms with Crippen LogP contribution in [0.2, 0.25) is 0 Å². The Labute approximate surface area is 188 Å². The van der Waals surface area contributed by atoms with Gasteiger partial charge in [-0.2, -0.15) is 0 Å². The summed E-state index contributed by atoms with van der Waals surface area (Å²) in [5.74, 6) is 0.431. The molecular weight excluding hydrogens is 400 g/mol. The first-order chi connectivity index (χ1) is 15.7. The molecule has 0 radical (unpaired) electrons.